The van der Waals surface area contributed by atoms with Gasteiger partial charge in [0.25, 0.3) is 0 Å². The van der Waals surface area contributed by atoms with E-state index >= 15 is 0 Å². The van der Waals surface area contributed by atoms with Gasteiger partial charge in [-0.15, -0.1) is 0 Å². The molecule has 0 fully saturated rings. The van der Waals surface area contributed by atoms with Crippen LogP contribution in [0.5, 0.6) is 0 Å². The molecule has 5 heteroatoms. The van der Waals surface area contributed by atoms with Crippen LogP contribution in [0, 0.1) is 6.92 Å². The first-order valence-corrected chi connectivity index (χ1v) is 8.23. The van der Waals surface area contributed by atoms with E-state index in [0.717, 1.165) is 24.1 Å². The molecule has 0 spiro atoms. The van der Waals surface area contributed by atoms with E-state index in [1.807, 2.05) is 19.1 Å². The van der Waals surface area contributed by atoms with Crippen LogP contribution in [-0.4, -0.2) is 33.8 Å². The summed E-state index contributed by atoms with van der Waals surface area (Å²) in [6, 6.07) is 6.02. The van der Waals surface area contributed by atoms with Crippen molar-refractivity contribution in [3.63, 3.8) is 0 Å². The van der Waals surface area contributed by atoms with Gasteiger partial charge >= 0.3 is 0 Å². The van der Waals surface area contributed by atoms with Crippen LogP contribution in [0.15, 0.2) is 18.2 Å². The lowest BCUT2D eigenvalue weighted by atomic mass is 10.0. The predicted molar refractivity (Wildman–Crippen MR) is 79.2 cm³/mol. The van der Waals surface area contributed by atoms with E-state index < -0.39 is 15.3 Å². The van der Waals surface area contributed by atoms with Crippen LogP contribution in [0.25, 0.3) is 0 Å². The van der Waals surface area contributed by atoms with Crippen molar-refractivity contribution in [3.8, 4) is 0 Å². The van der Waals surface area contributed by atoms with E-state index in [9.17, 15) is 8.42 Å². The highest BCUT2D eigenvalue weighted by atomic mass is 32.2. The van der Waals surface area contributed by atoms with Crippen molar-refractivity contribution in [1.82, 2.24) is 5.32 Å². The minimum absolute atomic E-state index is 0.412. The third kappa shape index (κ3) is 2.77. The molecule has 0 aromatic heterocycles. The lowest BCUT2D eigenvalue weighted by Crippen LogP contribution is -2.43. The summed E-state index contributed by atoms with van der Waals surface area (Å²) >= 11 is 0. The highest BCUT2D eigenvalue weighted by molar-refractivity contribution is 7.93. The second-order valence-electron chi connectivity index (χ2n) is 5.22. The van der Waals surface area contributed by atoms with Gasteiger partial charge in [-0.3, -0.25) is 4.31 Å². The van der Waals surface area contributed by atoms with Crippen LogP contribution in [0.3, 0.4) is 0 Å². The average molecular weight is 282 g/mol. The summed E-state index contributed by atoms with van der Waals surface area (Å²) in [7, 11) is -1.50. The summed E-state index contributed by atoms with van der Waals surface area (Å²) in [5.74, 6) is 0. The fourth-order valence-electron chi connectivity index (χ4n) is 2.57. The minimum atomic E-state index is -3.28. The third-order valence-corrected chi connectivity index (χ3v) is 5.80. The fourth-order valence-corrected chi connectivity index (χ4v) is 4.21. The maximum atomic E-state index is 12.6. The molecule has 19 heavy (non-hydrogen) atoms. The molecule has 1 aromatic rings. The Labute approximate surface area is 115 Å². The number of nitrogens with one attached hydrogen (secondary N) is 1. The molecule has 1 aromatic carbocycles. The predicted octanol–water partition coefficient (Wildman–Crippen LogP) is 1.69. The van der Waals surface area contributed by atoms with Crippen LogP contribution in [0.1, 0.15) is 24.5 Å². The van der Waals surface area contributed by atoms with Crippen LogP contribution in [0.4, 0.5) is 5.69 Å². The van der Waals surface area contributed by atoms with Gasteiger partial charge in [-0.1, -0.05) is 17.7 Å². The number of sulfonamides is 1. The summed E-state index contributed by atoms with van der Waals surface area (Å²) in [6.45, 7) is 4.86. The van der Waals surface area contributed by atoms with Crippen molar-refractivity contribution >= 4 is 15.7 Å². The number of anilines is 1. The smallest absolute Gasteiger partial charge is 0.239 e. The van der Waals surface area contributed by atoms with E-state index in [1.165, 1.54) is 5.56 Å². The van der Waals surface area contributed by atoms with Crippen molar-refractivity contribution < 1.29 is 8.42 Å². The molecule has 0 amide bonds. The van der Waals surface area contributed by atoms with Gasteiger partial charge in [0, 0.05) is 13.1 Å². The van der Waals surface area contributed by atoms with E-state index in [0.29, 0.717) is 13.1 Å². The highest BCUT2D eigenvalue weighted by Gasteiger charge is 2.31. The minimum Gasteiger partial charge on any atom is -0.318 e. The van der Waals surface area contributed by atoms with Crippen molar-refractivity contribution in [1.29, 1.82) is 0 Å². The first-order valence-electron chi connectivity index (χ1n) is 6.72. The molecule has 0 saturated carbocycles. The van der Waals surface area contributed by atoms with E-state index in [1.54, 1.807) is 18.3 Å². The lowest BCUT2D eigenvalue weighted by molar-refractivity contribution is 0.569. The molecule has 0 saturated heterocycles. The molecule has 1 N–H and O–H groups in total. The van der Waals surface area contributed by atoms with Crippen LogP contribution >= 0.6 is 0 Å². The third-order valence-electron chi connectivity index (χ3n) is 3.62. The molecular formula is C14H22N2O2S. The summed E-state index contributed by atoms with van der Waals surface area (Å²) in [5, 5.41) is 2.53. The van der Waals surface area contributed by atoms with Crippen molar-refractivity contribution in [3.05, 3.63) is 29.3 Å². The molecule has 1 heterocycles. The quantitative estimate of drug-likeness (QED) is 0.914. The largest absolute Gasteiger partial charge is 0.318 e. The SMILES string of the molecule is CNCC(C)S(=O)(=O)N1CCCc2cc(C)ccc21. The lowest BCUT2D eigenvalue weighted by Gasteiger charge is -2.32. The Bertz CT molecular complexity index is 555. The molecular weight excluding hydrogens is 260 g/mol. The average Bonchev–Trinajstić information content (AvgIpc) is 2.37. The van der Waals surface area contributed by atoms with Gasteiger partial charge in [0.1, 0.15) is 0 Å². The maximum absolute atomic E-state index is 12.6. The van der Waals surface area contributed by atoms with Crippen molar-refractivity contribution in [2.45, 2.75) is 31.9 Å². The van der Waals surface area contributed by atoms with Gasteiger partial charge in [-0.05, 0) is 45.4 Å². The number of hydrogen-bond acceptors (Lipinski definition) is 3. The Morgan fingerprint density at radius 3 is 2.84 bits per heavy atom. The van der Waals surface area contributed by atoms with Crippen LogP contribution in [-0.2, 0) is 16.4 Å². The van der Waals surface area contributed by atoms with E-state index in [4.69, 9.17) is 0 Å². The fraction of sp³-hybridized carbons (Fsp3) is 0.571. The van der Waals surface area contributed by atoms with Crippen molar-refractivity contribution in [2.75, 3.05) is 24.4 Å². The van der Waals surface area contributed by atoms with Gasteiger partial charge in [0.05, 0.1) is 10.9 Å². The molecule has 1 atom stereocenters. The van der Waals surface area contributed by atoms with Gasteiger partial charge in [0.2, 0.25) is 10.0 Å². The van der Waals surface area contributed by atoms with Crippen molar-refractivity contribution in [2.24, 2.45) is 0 Å². The second kappa shape index (κ2) is 5.51. The number of nitrogens with zero attached hydrogens (tertiary/aromatic N) is 1. The second-order valence-corrected chi connectivity index (χ2v) is 7.50. The Morgan fingerprint density at radius 2 is 2.16 bits per heavy atom. The Balaban J connectivity index is 2.38. The molecule has 106 valence electrons. The molecule has 1 aliphatic rings. The molecule has 4 nitrogen and oxygen atoms in total. The normalized spacial score (nSPS) is 17.1. The molecule has 0 radical (unpaired) electrons. The number of hydrogen-bond donors (Lipinski definition) is 1. The topological polar surface area (TPSA) is 49.4 Å². The Morgan fingerprint density at radius 1 is 1.42 bits per heavy atom. The first-order chi connectivity index (χ1) is 8.96. The number of rotatable bonds is 4. The highest BCUT2D eigenvalue weighted by Crippen LogP contribution is 2.31. The monoisotopic (exact) mass is 282 g/mol. The number of aryl methyl sites for hydroxylation is 2. The number of benzene rings is 1. The molecule has 0 aliphatic carbocycles. The van der Waals surface area contributed by atoms with Gasteiger partial charge in [0.15, 0.2) is 0 Å². The summed E-state index contributed by atoms with van der Waals surface area (Å²) in [4.78, 5) is 0. The van der Waals surface area contributed by atoms with E-state index in [-0.39, 0.29) is 0 Å². The van der Waals surface area contributed by atoms with Gasteiger partial charge in [-0.2, -0.15) is 0 Å². The molecule has 2 rings (SSSR count). The maximum Gasteiger partial charge on any atom is 0.239 e. The summed E-state index contributed by atoms with van der Waals surface area (Å²) in [5.41, 5.74) is 3.19. The molecule has 0 bridgehead atoms. The standard InChI is InChI=1S/C14H22N2O2S/c1-11-6-7-14-13(9-11)5-4-8-16(14)19(17,18)12(2)10-15-3/h6-7,9,12,15H,4-5,8,10H2,1-3H3. The van der Waals surface area contributed by atoms with Crippen LogP contribution < -0.4 is 9.62 Å². The Hall–Kier alpha value is -1.07. The number of fused-ring (bicyclic) bond motifs is 1. The van der Waals surface area contributed by atoms with E-state index in [2.05, 4.69) is 11.4 Å². The Kier molecular flexibility index (Phi) is 4.16. The zero-order chi connectivity index (χ0) is 14.0. The first kappa shape index (κ1) is 14.3. The zero-order valence-electron chi connectivity index (χ0n) is 11.8. The molecule has 1 unspecified atom stereocenters. The molecule has 1 aliphatic heterocycles. The van der Waals surface area contributed by atoms with Gasteiger partial charge < -0.3 is 5.32 Å². The zero-order valence-corrected chi connectivity index (χ0v) is 12.6. The summed E-state index contributed by atoms with van der Waals surface area (Å²) in [6.07, 6.45) is 1.85. The van der Waals surface area contributed by atoms with Gasteiger partial charge in [-0.25, -0.2) is 8.42 Å². The summed E-state index contributed by atoms with van der Waals surface area (Å²) < 4.78 is 26.8. The van der Waals surface area contributed by atoms with Crippen LogP contribution in [0.2, 0.25) is 0 Å².